The van der Waals surface area contributed by atoms with E-state index in [4.69, 9.17) is 0 Å². The standard InChI is InChI=1S/C20H27N5O/c1-14(2)21-20(26)18-12-24-9-8-16(18)10-17(24)11-25-13-19(22-23-25)15-6-4-3-5-7-15/h3-7,13-14,16-18H,8-12H2,1-2H3,(H,21,26)/p+1/t16-,17+,18-/m0/s1. The molecule has 3 aliphatic heterocycles. The lowest BCUT2D eigenvalue weighted by molar-refractivity contribution is -0.945. The van der Waals surface area contributed by atoms with Crippen molar-refractivity contribution in [3.8, 4) is 11.3 Å². The van der Waals surface area contributed by atoms with Crippen LogP contribution >= 0.6 is 0 Å². The van der Waals surface area contributed by atoms with Crippen molar-refractivity contribution in [2.75, 3.05) is 13.1 Å². The number of piperidine rings is 3. The summed E-state index contributed by atoms with van der Waals surface area (Å²) >= 11 is 0. The van der Waals surface area contributed by atoms with Crippen molar-refractivity contribution in [1.82, 2.24) is 20.3 Å². The molecule has 0 saturated carbocycles. The van der Waals surface area contributed by atoms with Gasteiger partial charge in [-0.05, 0) is 19.8 Å². The third kappa shape index (κ3) is 3.51. The van der Waals surface area contributed by atoms with Crippen LogP contribution in [0.25, 0.3) is 11.3 Å². The van der Waals surface area contributed by atoms with Gasteiger partial charge in [0, 0.05) is 24.4 Å². The van der Waals surface area contributed by atoms with Crippen molar-refractivity contribution in [2.45, 2.75) is 45.3 Å². The zero-order valence-electron chi connectivity index (χ0n) is 15.6. The third-order valence-electron chi connectivity index (χ3n) is 5.84. The van der Waals surface area contributed by atoms with Gasteiger partial charge in [0.2, 0.25) is 5.91 Å². The Hall–Kier alpha value is -2.21. The Kier molecular flexibility index (Phi) is 4.76. The van der Waals surface area contributed by atoms with E-state index in [1.54, 1.807) is 4.90 Å². The number of hydrogen-bond donors (Lipinski definition) is 2. The van der Waals surface area contributed by atoms with Gasteiger partial charge in [-0.25, -0.2) is 4.68 Å². The molecule has 3 fully saturated rings. The Labute approximate surface area is 154 Å². The molecule has 4 heterocycles. The summed E-state index contributed by atoms with van der Waals surface area (Å²) in [6, 6.07) is 10.9. The molecule has 5 rings (SSSR count). The molecule has 6 heteroatoms. The van der Waals surface area contributed by atoms with Crippen molar-refractivity contribution in [2.24, 2.45) is 11.8 Å². The van der Waals surface area contributed by atoms with Crippen molar-refractivity contribution in [3.63, 3.8) is 0 Å². The topological polar surface area (TPSA) is 64.2 Å². The van der Waals surface area contributed by atoms with E-state index in [0.29, 0.717) is 12.0 Å². The average molecular weight is 354 g/mol. The summed E-state index contributed by atoms with van der Waals surface area (Å²) in [4.78, 5) is 14.0. The van der Waals surface area contributed by atoms with Crippen molar-refractivity contribution in [1.29, 1.82) is 0 Å². The van der Waals surface area contributed by atoms with Crippen LogP contribution in [0.2, 0.25) is 0 Å². The molecule has 1 amide bonds. The van der Waals surface area contributed by atoms with Crippen LogP contribution in [0.15, 0.2) is 36.5 Å². The highest BCUT2D eigenvalue weighted by Gasteiger charge is 2.46. The number of quaternary nitrogens is 1. The number of aromatic nitrogens is 3. The second kappa shape index (κ2) is 7.19. The fraction of sp³-hybridized carbons (Fsp3) is 0.550. The number of carbonyl (C=O) groups excluding carboxylic acids is 1. The number of hydrogen-bond acceptors (Lipinski definition) is 3. The van der Waals surface area contributed by atoms with Crippen LogP contribution in [0.5, 0.6) is 0 Å². The molecule has 2 bridgehead atoms. The quantitative estimate of drug-likeness (QED) is 0.833. The van der Waals surface area contributed by atoms with Crippen LogP contribution in [0, 0.1) is 11.8 Å². The van der Waals surface area contributed by atoms with E-state index in [0.717, 1.165) is 37.2 Å². The van der Waals surface area contributed by atoms with E-state index in [2.05, 4.69) is 27.8 Å². The summed E-state index contributed by atoms with van der Waals surface area (Å²) in [5.41, 5.74) is 2.02. The van der Waals surface area contributed by atoms with Crippen LogP contribution < -0.4 is 10.2 Å². The van der Waals surface area contributed by atoms with Gasteiger partial charge < -0.3 is 10.2 Å². The first-order valence-electron chi connectivity index (χ1n) is 9.70. The van der Waals surface area contributed by atoms with Gasteiger partial charge in [-0.1, -0.05) is 35.5 Å². The van der Waals surface area contributed by atoms with Crippen molar-refractivity contribution in [3.05, 3.63) is 36.5 Å². The number of nitrogens with one attached hydrogen (secondary N) is 2. The van der Waals surface area contributed by atoms with Crippen LogP contribution in [-0.4, -0.2) is 46.1 Å². The molecule has 0 spiro atoms. The van der Waals surface area contributed by atoms with E-state index in [9.17, 15) is 4.79 Å². The third-order valence-corrected chi connectivity index (χ3v) is 5.84. The Morgan fingerprint density at radius 3 is 2.85 bits per heavy atom. The van der Waals surface area contributed by atoms with Crippen LogP contribution in [0.1, 0.15) is 26.7 Å². The highest BCUT2D eigenvalue weighted by atomic mass is 16.2. The summed E-state index contributed by atoms with van der Waals surface area (Å²) < 4.78 is 1.98. The summed E-state index contributed by atoms with van der Waals surface area (Å²) in [6.07, 6.45) is 4.31. The highest BCUT2D eigenvalue weighted by molar-refractivity contribution is 5.79. The first-order valence-corrected chi connectivity index (χ1v) is 9.70. The summed E-state index contributed by atoms with van der Waals surface area (Å²) in [5.74, 6) is 0.925. The lowest BCUT2D eigenvalue weighted by atomic mass is 9.75. The zero-order chi connectivity index (χ0) is 18.1. The first kappa shape index (κ1) is 17.2. The maximum Gasteiger partial charge on any atom is 0.229 e. The van der Waals surface area contributed by atoms with E-state index >= 15 is 0 Å². The molecule has 1 aromatic carbocycles. The van der Waals surface area contributed by atoms with Crippen LogP contribution in [0.4, 0.5) is 0 Å². The number of benzene rings is 1. The van der Waals surface area contributed by atoms with Gasteiger partial charge in [-0.2, -0.15) is 0 Å². The van der Waals surface area contributed by atoms with Gasteiger partial charge in [-0.3, -0.25) is 4.79 Å². The molecule has 3 aliphatic rings. The SMILES string of the molecule is CC(C)NC(=O)[C@H]1C[NH+]2CC[C@H]1C[C@@H]2Cn1cc(-c2ccccc2)nn1. The summed E-state index contributed by atoms with van der Waals surface area (Å²) in [6.45, 7) is 7.06. The normalized spacial score (nSPS) is 27.7. The Balaban J connectivity index is 1.40. The van der Waals surface area contributed by atoms with Gasteiger partial charge >= 0.3 is 0 Å². The number of nitrogens with zero attached hydrogens (tertiary/aromatic N) is 3. The minimum atomic E-state index is 0.174. The molecule has 0 aliphatic carbocycles. The molecule has 4 atom stereocenters. The second-order valence-corrected chi connectivity index (χ2v) is 8.06. The van der Waals surface area contributed by atoms with Crippen LogP contribution in [0.3, 0.4) is 0 Å². The Morgan fingerprint density at radius 2 is 2.15 bits per heavy atom. The van der Waals surface area contributed by atoms with E-state index in [1.807, 2.05) is 42.9 Å². The van der Waals surface area contributed by atoms with Crippen molar-refractivity contribution >= 4 is 5.91 Å². The molecule has 1 unspecified atom stereocenters. The number of carbonyl (C=O) groups is 1. The van der Waals surface area contributed by atoms with Gasteiger partial charge in [-0.15, -0.1) is 5.10 Å². The van der Waals surface area contributed by atoms with Crippen LogP contribution in [-0.2, 0) is 11.3 Å². The average Bonchev–Trinajstić information content (AvgIpc) is 3.11. The monoisotopic (exact) mass is 354 g/mol. The first-order chi connectivity index (χ1) is 12.6. The predicted molar refractivity (Wildman–Crippen MR) is 99.4 cm³/mol. The molecular weight excluding hydrogens is 326 g/mol. The molecule has 0 radical (unpaired) electrons. The molecule has 3 saturated heterocycles. The minimum absolute atomic E-state index is 0.174. The fourth-order valence-corrected chi connectivity index (χ4v) is 4.56. The number of amides is 1. The summed E-state index contributed by atoms with van der Waals surface area (Å²) in [5, 5.41) is 11.8. The molecule has 26 heavy (non-hydrogen) atoms. The van der Waals surface area contributed by atoms with Gasteiger partial charge in [0.1, 0.15) is 11.7 Å². The Morgan fingerprint density at radius 1 is 1.35 bits per heavy atom. The highest BCUT2D eigenvalue weighted by Crippen LogP contribution is 2.28. The maximum absolute atomic E-state index is 12.5. The van der Waals surface area contributed by atoms with E-state index < -0.39 is 0 Å². The zero-order valence-corrected chi connectivity index (χ0v) is 15.6. The van der Waals surface area contributed by atoms with E-state index in [1.165, 1.54) is 6.54 Å². The molecule has 6 nitrogen and oxygen atoms in total. The van der Waals surface area contributed by atoms with Gasteiger partial charge in [0.15, 0.2) is 0 Å². The molecule has 138 valence electrons. The number of fused-ring (bicyclic) bond motifs is 3. The van der Waals surface area contributed by atoms with E-state index in [-0.39, 0.29) is 17.9 Å². The largest absolute Gasteiger partial charge is 0.353 e. The predicted octanol–water partition coefficient (Wildman–Crippen LogP) is 0.763. The fourth-order valence-electron chi connectivity index (χ4n) is 4.56. The van der Waals surface area contributed by atoms with Crippen molar-refractivity contribution < 1.29 is 9.69 Å². The molecule has 2 N–H and O–H groups in total. The lowest BCUT2D eigenvalue weighted by Crippen LogP contribution is -3.20. The smallest absolute Gasteiger partial charge is 0.229 e. The molecular formula is C20H28N5O+. The minimum Gasteiger partial charge on any atom is -0.353 e. The molecule has 2 aromatic rings. The van der Waals surface area contributed by atoms with Gasteiger partial charge in [0.05, 0.1) is 31.7 Å². The lowest BCUT2D eigenvalue weighted by Gasteiger charge is -2.46. The molecule has 1 aromatic heterocycles. The maximum atomic E-state index is 12.5. The van der Waals surface area contributed by atoms with Gasteiger partial charge in [0.25, 0.3) is 0 Å². The summed E-state index contributed by atoms with van der Waals surface area (Å²) in [7, 11) is 0. The number of rotatable bonds is 5. The second-order valence-electron chi connectivity index (χ2n) is 8.06. The Bertz CT molecular complexity index is 757.